The summed E-state index contributed by atoms with van der Waals surface area (Å²) < 4.78 is 0. The Hall–Kier alpha value is -2.53. The Kier molecular flexibility index (Phi) is 6.00. The van der Waals surface area contributed by atoms with Crippen LogP contribution in [0.4, 0.5) is 4.79 Å². The minimum Gasteiger partial charge on any atom is -0.478 e. The van der Waals surface area contributed by atoms with Crippen LogP contribution in [0, 0.1) is 0 Å². The van der Waals surface area contributed by atoms with Crippen molar-refractivity contribution < 1.29 is 14.7 Å². The Morgan fingerprint density at radius 2 is 1.70 bits per heavy atom. The molecule has 0 saturated heterocycles. The highest BCUT2D eigenvalue weighted by Crippen LogP contribution is 2.14. The van der Waals surface area contributed by atoms with E-state index < -0.39 is 5.97 Å². The number of carboxylic acids is 1. The van der Waals surface area contributed by atoms with Gasteiger partial charge in [-0.3, -0.25) is 0 Å². The van der Waals surface area contributed by atoms with E-state index in [0.717, 1.165) is 11.1 Å². The zero-order valence-electron chi connectivity index (χ0n) is 12.4. The summed E-state index contributed by atoms with van der Waals surface area (Å²) in [5.74, 6) is -0.971. The van der Waals surface area contributed by atoms with Gasteiger partial charge in [-0.1, -0.05) is 41.9 Å². The van der Waals surface area contributed by atoms with Crippen LogP contribution in [0.2, 0.25) is 5.02 Å². The lowest BCUT2D eigenvalue weighted by Gasteiger charge is -2.08. The molecule has 0 heterocycles. The number of nitrogens with one attached hydrogen (secondary N) is 2. The Labute approximate surface area is 139 Å². The van der Waals surface area contributed by atoms with E-state index in [9.17, 15) is 9.59 Å². The fourth-order valence-electron chi connectivity index (χ4n) is 2.02. The first-order valence-electron chi connectivity index (χ1n) is 7.13. The van der Waals surface area contributed by atoms with E-state index in [-0.39, 0.29) is 11.6 Å². The normalized spacial score (nSPS) is 10.1. The highest BCUT2D eigenvalue weighted by atomic mass is 35.5. The molecule has 0 unspecified atom stereocenters. The van der Waals surface area contributed by atoms with E-state index in [2.05, 4.69) is 10.6 Å². The van der Waals surface area contributed by atoms with Crippen LogP contribution in [-0.2, 0) is 13.0 Å². The van der Waals surface area contributed by atoms with Crippen molar-refractivity contribution >= 4 is 23.6 Å². The average molecular weight is 333 g/mol. The summed E-state index contributed by atoms with van der Waals surface area (Å²) in [5, 5.41) is 15.0. The molecule has 0 spiro atoms. The molecule has 2 amide bonds. The topological polar surface area (TPSA) is 78.4 Å². The average Bonchev–Trinajstić information content (AvgIpc) is 2.55. The summed E-state index contributed by atoms with van der Waals surface area (Å²) in [7, 11) is 0. The van der Waals surface area contributed by atoms with Gasteiger partial charge >= 0.3 is 12.0 Å². The van der Waals surface area contributed by atoms with Gasteiger partial charge in [-0.15, -0.1) is 0 Å². The van der Waals surface area contributed by atoms with E-state index in [0.29, 0.717) is 24.5 Å². The van der Waals surface area contributed by atoms with Crippen LogP contribution >= 0.6 is 11.6 Å². The molecule has 0 radical (unpaired) electrons. The molecule has 0 aliphatic rings. The van der Waals surface area contributed by atoms with Crippen molar-refractivity contribution in [2.75, 3.05) is 6.54 Å². The van der Waals surface area contributed by atoms with Gasteiger partial charge < -0.3 is 15.7 Å². The first kappa shape index (κ1) is 16.8. The highest BCUT2D eigenvalue weighted by molar-refractivity contribution is 6.31. The molecular weight excluding hydrogens is 316 g/mol. The van der Waals surface area contributed by atoms with Crippen LogP contribution in [0.1, 0.15) is 21.5 Å². The number of hydrogen-bond acceptors (Lipinski definition) is 2. The van der Waals surface area contributed by atoms with Crippen LogP contribution in [0.25, 0.3) is 0 Å². The summed E-state index contributed by atoms with van der Waals surface area (Å²) >= 11 is 6.05. The van der Waals surface area contributed by atoms with Crippen LogP contribution in [0.5, 0.6) is 0 Å². The summed E-state index contributed by atoms with van der Waals surface area (Å²) in [6.45, 7) is 0.811. The SMILES string of the molecule is O=C(NCCc1ccccc1Cl)NCc1ccc(C(=O)O)cc1. The summed E-state index contributed by atoms with van der Waals surface area (Å²) in [4.78, 5) is 22.5. The Morgan fingerprint density at radius 1 is 1.00 bits per heavy atom. The number of carboxylic acid groups (broad SMARTS) is 1. The Bertz CT molecular complexity index is 686. The molecule has 23 heavy (non-hydrogen) atoms. The van der Waals surface area contributed by atoms with Gasteiger partial charge in [0.2, 0.25) is 0 Å². The lowest BCUT2D eigenvalue weighted by atomic mass is 10.1. The van der Waals surface area contributed by atoms with E-state index in [1.165, 1.54) is 12.1 Å². The van der Waals surface area contributed by atoms with Gasteiger partial charge in [0.15, 0.2) is 0 Å². The first-order chi connectivity index (χ1) is 11.1. The molecule has 0 bridgehead atoms. The van der Waals surface area contributed by atoms with Crippen molar-refractivity contribution in [2.24, 2.45) is 0 Å². The van der Waals surface area contributed by atoms with Crippen molar-refractivity contribution in [1.82, 2.24) is 10.6 Å². The van der Waals surface area contributed by atoms with Gasteiger partial charge in [-0.2, -0.15) is 0 Å². The van der Waals surface area contributed by atoms with Gasteiger partial charge in [0.1, 0.15) is 0 Å². The molecule has 0 fully saturated rings. The highest BCUT2D eigenvalue weighted by Gasteiger charge is 2.04. The Balaban J connectivity index is 1.73. The molecule has 3 N–H and O–H groups in total. The van der Waals surface area contributed by atoms with Crippen LogP contribution in [0.3, 0.4) is 0 Å². The molecule has 0 aliphatic heterocycles. The summed E-state index contributed by atoms with van der Waals surface area (Å²) in [6.07, 6.45) is 0.653. The van der Waals surface area contributed by atoms with Crippen LogP contribution in [-0.4, -0.2) is 23.7 Å². The number of hydrogen-bond donors (Lipinski definition) is 3. The van der Waals surface area contributed by atoms with E-state index in [1.807, 2.05) is 24.3 Å². The predicted octanol–water partition coefficient (Wildman–Crippen LogP) is 3.08. The largest absolute Gasteiger partial charge is 0.478 e. The molecule has 2 aromatic rings. The number of urea groups is 1. The third-order valence-corrected chi connectivity index (χ3v) is 3.66. The number of rotatable bonds is 6. The zero-order valence-corrected chi connectivity index (χ0v) is 13.1. The fourth-order valence-corrected chi connectivity index (χ4v) is 2.25. The second-order valence-corrected chi connectivity index (χ2v) is 5.36. The second-order valence-electron chi connectivity index (χ2n) is 4.95. The van der Waals surface area contributed by atoms with Gasteiger partial charge in [-0.25, -0.2) is 9.59 Å². The van der Waals surface area contributed by atoms with Crippen molar-refractivity contribution in [2.45, 2.75) is 13.0 Å². The van der Waals surface area contributed by atoms with Gasteiger partial charge in [0, 0.05) is 18.1 Å². The van der Waals surface area contributed by atoms with E-state index in [4.69, 9.17) is 16.7 Å². The molecule has 2 aromatic carbocycles. The predicted molar refractivity (Wildman–Crippen MR) is 88.8 cm³/mol. The molecule has 0 saturated carbocycles. The maximum atomic E-state index is 11.7. The maximum absolute atomic E-state index is 11.7. The van der Waals surface area contributed by atoms with Gasteiger partial charge in [0.25, 0.3) is 0 Å². The van der Waals surface area contributed by atoms with Crippen molar-refractivity contribution in [3.05, 3.63) is 70.2 Å². The van der Waals surface area contributed by atoms with Crippen molar-refractivity contribution in [1.29, 1.82) is 0 Å². The molecule has 0 aliphatic carbocycles. The summed E-state index contributed by atoms with van der Waals surface area (Å²) in [5.41, 5.74) is 2.04. The third-order valence-electron chi connectivity index (χ3n) is 3.29. The van der Waals surface area contributed by atoms with E-state index in [1.54, 1.807) is 12.1 Å². The molecule has 6 heteroatoms. The number of amides is 2. The lowest BCUT2D eigenvalue weighted by molar-refractivity contribution is 0.0697. The third kappa shape index (κ3) is 5.30. The molecule has 0 atom stereocenters. The fraction of sp³-hybridized carbons (Fsp3) is 0.176. The molecule has 120 valence electrons. The monoisotopic (exact) mass is 332 g/mol. The smallest absolute Gasteiger partial charge is 0.335 e. The molecular formula is C17H17ClN2O3. The molecule has 0 aromatic heterocycles. The van der Waals surface area contributed by atoms with Gasteiger partial charge in [-0.05, 0) is 35.7 Å². The summed E-state index contributed by atoms with van der Waals surface area (Å²) in [6, 6.07) is 13.6. The second kappa shape index (κ2) is 8.19. The quantitative estimate of drug-likeness (QED) is 0.760. The standard InChI is InChI=1S/C17H17ClN2O3/c18-15-4-2-1-3-13(15)9-10-19-17(23)20-11-12-5-7-14(8-6-12)16(21)22/h1-8H,9-11H2,(H,21,22)(H2,19,20,23). The van der Waals surface area contributed by atoms with Crippen LogP contribution in [0.15, 0.2) is 48.5 Å². The maximum Gasteiger partial charge on any atom is 0.335 e. The Morgan fingerprint density at radius 3 is 2.35 bits per heavy atom. The minimum atomic E-state index is -0.971. The van der Waals surface area contributed by atoms with E-state index >= 15 is 0 Å². The first-order valence-corrected chi connectivity index (χ1v) is 7.51. The zero-order chi connectivity index (χ0) is 16.7. The van der Waals surface area contributed by atoms with Crippen LogP contribution < -0.4 is 10.6 Å². The molecule has 2 rings (SSSR count). The minimum absolute atomic E-state index is 0.220. The van der Waals surface area contributed by atoms with Crippen molar-refractivity contribution in [3.8, 4) is 0 Å². The number of benzene rings is 2. The number of carbonyl (C=O) groups is 2. The van der Waals surface area contributed by atoms with Gasteiger partial charge in [0.05, 0.1) is 5.56 Å². The number of carbonyl (C=O) groups excluding carboxylic acids is 1. The van der Waals surface area contributed by atoms with Crippen molar-refractivity contribution in [3.63, 3.8) is 0 Å². The number of halogens is 1. The molecule has 5 nitrogen and oxygen atoms in total. The lowest BCUT2D eigenvalue weighted by Crippen LogP contribution is -2.36. The number of aromatic carboxylic acids is 1.